The fraction of sp³-hybridized carbons (Fsp3) is 0.235. The van der Waals surface area contributed by atoms with Gasteiger partial charge >= 0.3 is 0 Å². The third kappa shape index (κ3) is 4.69. The lowest BCUT2D eigenvalue weighted by Crippen LogP contribution is -2.27. The maximum atomic E-state index is 11.9. The Kier molecular flexibility index (Phi) is 5.53. The van der Waals surface area contributed by atoms with E-state index in [-0.39, 0.29) is 5.91 Å². The van der Waals surface area contributed by atoms with Gasteiger partial charge in [-0.25, -0.2) is 0 Å². The highest BCUT2D eigenvalue weighted by Crippen LogP contribution is 2.20. The molecule has 2 N–H and O–H groups in total. The largest absolute Gasteiger partial charge is 0.325 e. The molecule has 4 heteroatoms. The zero-order valence-corrected chi connectivity index (χ0v) is 13.8. The van der Waals surface area contributed by atoms with E-state index in [2.05, 4.69) is 45.6 Å². The Labute approximate surface area is 133 Å². The minimum atomic E-state index is -0.0423. The topological polar surface area (TPSA) is 41.1 Å². The van der Waals surface area contributed by atoms with E-state index >= 15 is 0 Å². The average Bonchev–Trinajstić information content (AvgIpc) is 2.45. The van der Waals surface area contributed by atoms with E-state index in [1.165, 1.54) is 11.1 Å². The summed E-state index contributed by atoms with van der Waals surface area (Å²) in [5.74, 6) is -0.0423. The summed E-state index contributed by atoms with van der Waals surface area (Å²) in [6.45, 7) is 5.07. The number of benzene rings is 2. The number of hydrogen-bond donors (Lipinski definition) is 2. The van der Waals surface area contributed by atoms with Crippen molar-refractivity contribution in [2.24, 2.45) is 0 Å². The molecular weight excluding hydrogens is 328 g/mol. The Morgan fingerprint density at radius 3 is 2.57 bits per heavy atom. The molecule has 3 nitrogen and oxygen atoms in total. The van der Waals surface area contributed by atoms with E-state index in [0.29, 0.717) is 13.1 Å². The van der Waals surface area contributed by atoms with Gasteiger partial charge < -0.3 is 10.6 Å². The molecule has 110 valence electrons. The van der Waals surface area contributed by atoms with Gasteiger partial charge in [-0.1, -0.05) is 46.3 Å². The van der Waals surface area contributed by atoms with Crippen molar-refractivity contribution in [3.8, 4) is 0 Å². The normalized spacial score (nSPS) is 10.4. The van der Waals surface area contributed by atoms with Crippen LogP contribution in [0.5, 0.6) is 0 Å². The molecule has 0 saturated heterocycles. The summed E-state index contributed by atoms with van der Waals surface area (Å²) < 4.78 is 0.994. The van der Waals surface area contributed by atoms with E-state index in [0.717, 1.165) is 15.7 Å². The molecule has 0 aliphatic rings. The molecule has 2 rings (SSSR count). The van der Waals surface area contributed by atoms with Crippen LogP contribution in [-0.4, -0.2) is 12.5 Å². The number of amides is 1. The van der Waals surface area contributed by atoms with Crippen molar-refractivity contribution in [3.05, 3.63) is 63.6 Å². The van der Waals surface area contributed by atoms with Crippen LogP contribution in [0.15, 0.2) is 46.9 Å². The zero-order chi connectivity index (χ0) is 15.2. The third-order valence-corrected chi connectivity index (χ3v) is 4.17. The van der Waals surface area contributed by atoms with Crippen LogP contribution in [-0.2, 0) is 11.3 Å². The third-order valence-electron chi connectivity index (χ3n) is 3.32. The lowest BCUT2D eigenvalue weighted by molar-refractivity contribution is -0.115. The first kappa shape index (κ1) is 15.7. The van der Waals surface area contributed by atoms with Crippen LogP contribution in [0.25, 0.3) is 0 Å². The van der Waals surface area contributed by atoms with Crippen LogP contribution in [0.2, 0.25) is 0 Å². The molecule has 21 heavy (non-hydrogen) atoms. The molecule has 0 bridgehead atoms. The fourth-order valence-corrected chi connectivity index (χ4v) is 2.37. The molecule has 0 aliphatic carbocycles. The lowest BCUT2D eigenvalue weighted by atomic mass is 10.1. The number of carbonyl (C=O) groups excluding carboxylic acids is 1. The van der Waals surface area contributed by atoms with Crippen LogP contribution in [0.1, 0.15) is 16.7 Å². The Bertz CT molecular complexity index is 640. The van der Waals surface area contributed by atoms with Crippen molar-refractivity contribution >= 4 is 27.5 Å². The summed E-state index contributed by atoms with van der Waals surface area (Å²) in [6, 6.07) is 13.9. The van der Waals surface area contributed by atoms with Gasteiger partial charge in [0.2, 0.25) is 5.91 Å². The van der Waals surface area contributed by atoms with Gasteiger partial charge in [0.1, 0.15) is 0 Å². The summed E-state index contributed by atoms with van der Waals surface area (Å²) in [5, 5.41) is 6.04. The number of hydrogen-bond acceptors (Lipinski definition) is 2. The Morgan fingerprint density at radius 2 is 1.86 bits per heavy atom. The van der Waals surface area contributed by atoms with Crippen molar-refractivity contribution in [2.45, 2.75) is 20.4 Å². The number of halogens is 1. The molecule has 0 aliphatic heterocycles. The van der Waals surface area contributed by atoms with Gasteiger partial charge in [-0.3, -0.25) is 4.79 Å². The smallest absolute Gasteiger partial charge is 0.238 e. The van der Waals surface area contributed by atoms with E-state index in [9.17, 15) is 4.79 Å². The van der Waals surface area contributed by atoms with Crippen LogP contribution in [0.4, 0.5) is 5.69 Å². The molecule has 0 atom stereocenters. The van der Waals surface area contributed by atoms with E-state index in [4.69, 9.17) is 0 Å². The van der Waals surface area contributed by atoms with Crippen molar-refractivity contribution in [3.63, 3.8) is 0 Å². The van der Waals surface area contributed by atoms with Gasteiger partial charge in [-0.05, 0) is 42.7 Å². The minimum absolute atomic E-state index is 0.0423. The summed E-state index contributed by atoms with van der Waals surface area (Å²) in [4.78, 5) is 11.9. The number of anilines is 1. The zero-order valence-electron chi connectivity index (χ0n) is 12.2. The fourth-order valence-electron chi connectivity index (χ4n) is 1.99. The lowest BCUT2D eigenvalue weighted by Gasteiger charge is -2.09. The van der Waals surface area contributed by atoms with Crippen LogP contribution in [0, 0.1) is 13.8 Å². The average molecular weight is 347 g/mol. The quantitative estimate of drug-likeness (QED) is 0.864. The standard InChI is InChI=1S/C17H19BrN2O/c1-12-5-3-4-6-14(12)10-19-11-17(21)20-15-8-7-13(2)16(18)9-15/h3-9,19H,10-11H2,1-2H3,(H,20,21). The first-order valence-corrected chi connectivity index (χ1v) is 7.67. The maximum Gasteiger partial charge on any atom is 0.238 e. The first-order chi connectivity index (χ1) is 10.1. The van der Waals surface area contributed by atoms with E-state index in [1.807, 2.05) is 37.3 Å². The van der Waals surface area contributed by atoms with Gasteiger partial charge in [-0.2, -0.15) is 0 Å². The van der Waals surface area contributed by atoms with Gasteiger partial charge in [0.05, 0.1) is 6.54 Å². The van der Waals surface area contributed by atoms with Gasteiger partial charge in [-0.15, -0.1) is 0 Å². The van der Waals surface area contributed by atoms with E-state index in [1.54, 1.807) is 0 Å². The Morgan fingerprint density at radius 1 is 1.10 bits per heavy atom. The van der Waals surface area contributed by atoms with Crippen molar-refractivity contribution in [1.82, 2.24) is 5.32 Å². The highest BCUT2D eigenvalue weighted by molar-refractivity contribution is 9.10. The van der Waals surface area contributed by atoms with Gasteiger partial charge in [0.15, 0.2) is 0 Å². The summed E-state index contributed by atoms with van der Waals surface area (Å²) in [5.41, 5.74) is 4.39. The number of carbonyl (C=O) groups is 1. The van der Waals surface area contributed by atoms with Crippen molar-refractivity contribution in [2.75, 3.05) is 11.9 Å². The molecule has 0 heterocycles. The molecule has 0 radical (unpaired) electrons. The van der Waals surface area contributed by atoms with Crippen LogP contribution >= 0.6 is 15.9 Å². The molecule has 1 amide bonds. The summed E-state index contributed by atoms with van der Waals surface area (Å²) in [7, 11) is 0. The number of rotatable bonds is 5. The second-order valence-corrected chi connectivity index (χ2v) is 5.90. The SMILES string of the molecule is Cc1ccc(NC(=O)CNCc2ccccc2C)cc1Br. The second-order valence-electron chi connectivity index (χ2n) is 5.04. The van der Waals surface area contributed by atoms with E-state index < -0.39 is 0 Å². The maximum absolute atomic E-state index is 11.9. The highest BCUT2D eigenvalue weighted by Gasteiger charge is 2.04. The molecule has 0 aromatic heterocycles. The molecule has 2 aromatic carbocycles. The number of nitrogens with one attached hydrogen (secondary N) is 2. The Balaban J connectivity index is 1.82. The number of aryl methyl sites for hydroxylation is 2. The van der Waals surface area contributed by atoms with Crippen molar-refractivity contribution < 1.29 is 4.79 Å². The summed E-state index contributed by atoms with van der Waals surface area (Å²) in [6.07, 6.45) is 0. The first-order valence-electron chi connectivity index (χ1n) is 6.87. The second kappa shape index (κ2) is 7.38. The van der Waals surface area contributed by atoms with Gasteiger partial charge in [0, 0.05) is 16.7 Å². The molecule has 2 aromatic rings. The van der Waals surface area contributed by atoms with Crippen LogP contribution in [0.3, 0.4) is 0 Å². The molecule has 0 fully saturated rings. The highest BCUT2D eigenvalue weighted by atomic mass is 79.9. The molecule has 0 unspecified atom stereocenters. The van der Waals surface area contributed by atoms with Gasteiger partial charge in [0.25, 0.3) is 0 Å². The molecule has 0 spiro atoms. The Hall–Kier alpha value is -1.65. The molecular formula is C17H19BrN2O. The minimum Gasteiger partial charge on any atom is -0.325 e. The predicted octanol–water partition coefficient (Wildman–Crippen LogP) is 3.79. The van der Waals surface area contributed by atoms with Crippen LogP contribution < -0.4 is 10.6 Å². The van der Waals surface area contributed by atoms with Crippen molar-refractivity contribution in [1.29, 1.82) is 0 Å². The summed E-state index contributed by atoms with van der Waals surface area (Å²) >= 11 is 3.46. The molecule has 0 saturated carbocycles. The monoisotopic (exact) mass is 346 g/mol. The predicted molar refractivity (Wildman–Crippen MR) is 90.4 cm³/mol.